The monoisotopic (exact) mass is 288 g/mol. The number of halogens is 2. The van der Waals surface area contributed by atoms with Crippen LogP contribution in [0.3, 0.4) is 0 Å². The molecule has 0 heterocycles. The van der Waals surface area contributed by atoms with Gasteiger partial charge in [-0.3, -0.25) is 0 Å². The first-order valence-electron chi connectivity index (χ1n) is 5.76. The second-order valence-electron chi connectivity index (χ2n) is 3.98. The molecule has 1 atom stereocenters. The molecular weight excluding hydrogens is 274 g/mol. The summed E-state index contributed by atoms with van der Waals surface area (Å²) in [5.74, 6) is -3.30. The van der Waals surface area contributed by atoms with Crippen LogP contribution in [-0.2, 0) is 11.3 Å². The molecule has 0 radical (unpaired) electrons. The Kier molecular flexibility index (Phi) is 5.85. The Bertz CT molecular complexity index is 496. The largest absolute Gasteiger partial charge is 0.480 e. The number of rotatable bonds is 6. The van der Waals surface area contributed by atoms with Crippen LogP contribution in [0.15, 0.2) is 18.2 Å². The van der Waals surface area contributed by atoms with Crippen molar-refractivity contribution in [3.05, 3.63) is 35.4 Å². The van der Waals surface area contributed by atoms with Gasteiger partial charge in [0.05, 0.1) is 0 Å². The van der Waals surface area contributed by atoms with E-state index in [1.54, 1.807) is 0 Å². The summed E-state index contributed by atoms with van der Waals surface area (Å²) in [6, 6.07) is 1.15. The maximum absolute atomic E-state index is 12.9. The lowest BCUT2D eigenvalue weighted by molar-refractivity contribution is -0.139. The van der Waals surface area contributed by atoms with E-state index in [0.717, 1.165) is 12.1 Å². The van der Waals surface area contributed by atoms with Gasteiger partial charge in [0.2, 0.25) is 0 Å². The Labute approximate surface area is 113 Å². The molecule has 0 saturated heterocycles. The topological polar surface area (TPSA) is 98.7 Å². The van der Waals surface area contributed by atoms with Gasteiger partial charge < -0.3 is 20.8 Å². The van der Waals surface area contributed by atoms with Gasteiger partial charge >= 0.3 is 12.0 Å². The molecule has 20 heavy (non-hydrogen) atoms. The van der Waals surface area contributed by atoms with Gasteiger partial charge in [0, 0.05) is 19.6 Å². The van der Waals surface area contributed by atoms with Crippen molar-refractivity contribution in [1.82, 2.24) is 10.6 Å². The van der Waals surface area contributed by atoms with Crippen molar-refractivity contribution < 1.29 is 28.6 Å². The highest BCUT2D eigenvalue weighted by Gasteiger charge is 2.18. The second kappa shape index (κ2) is 7.39. The third-order valence-electron chi connectivity index (χ3n) is 2.46. The van der Waals surface area contributed by atoms with Crippen LogP contribution in [0.1, 0.15) is 12.0 Å². The highest BCUT2D eigenvalue weighted by atomic mass is 19.2. The van der Waals surface area contributed by atoms with E-state index in [0.29, 0.717) is 5.56 Å². The SMILES string of the molecule is O=C(NCc1ccc(F)c(F)c1)N[C@@H](CCO)C(=O)O. The number of carboxylic acids is 1. The summed E-state index contributed by atoms with van der Waals surface area (Å²) < 4.78 is 25.6. The van der Waals surface area contributed by atoms with Crippen molar-refractivity contribution in [3.8, 4) is 0 Å². The molecule has 0 aliphatic rings. The van der Waals surface area contributed by atoms with Crippen molar-refractivity contribution in [2.45, 2.75) is 19.0 Å². The van der Waals surface area contributed by atoms with Crippen molar-refractivity contribution in [1.29, 1.82) is 0 Å². The lowest BCUT2D eigenvalue weighted by Gasteiger charge is -2.14. The highest BCUT2D eigenvalue weighted by molar-refractivity contribution is 5.82. The molecule has 0 fully saturated rings. The summed E-state index contributed by atoms with van der Waals surface area (Å²) in [4.78, 5) is 22.2. The van der Waals surface area contributed by atoms with Crippen molar-refractivity contribution in [2.24, 2.45) is 0 Å². The van der Waals surface area contributed by atoms with E-state index in [1.165, 1.54) is 6.07 Å². The molecule has 0 aliphatic heterocycles. The van der Waals surface area contributed by atoms with Crippen LogP contribution in [0.25, 0.3) is 0 Å². The van der Waals surface area contributed by atoms with Gasteiger partial charge in [0.15, 0.2) is 11.6 Å². The summed E-state index contributed by atoms with van der Waals surface area (Å²) in [7, 11) is 0. The molecule has 1 rings (SSSR count). The minimum absolute atomic E-state index is 0.0888. The molecule has 0 aromatic heterocycles. The van der Waals surface area contributed by atoms with Crippen LogP contribution < -0.4 is 10.6 Å². The molecule has 1 aromatic rings. The Morgan fingerprint density at radius 3 is 2.50 bits per heavy atom. The van der Waals surface area contributed by atoms with E-state index in [1.807, 2.05) is 0 Å². The van der Waals surface area contributed by atoms with Crippen molar-refractivity contribution in [3.63, 3.8) is 0 Å². The number of hydrogen-bond acceptors (Lipinski definition) is 3. The zero-order valence-electron chi connectivity index (χ0n) is 10.4. The summed E-state index contributed by atoms with van der Waals surface area (Å²) in [5, 5.41) is 21.9. The van der Waals surface area contributed by atoms with Gasteiger partial charge in [-0.2, -0.15) is 0 Å². The van der Waals surface area contributed by atoms with Gasteiger partial charge in [0.1, 0.15) is 6.04 Å². The molecule has 0 unspecified atom stereocenters. The van der Waals surface area contributed by atoms with E-state index < -0.39 is 29.7 Å². The van der Waals surface area contributed by atoms with E-state index in [4.69, 9.17) is 10.2 Å². The molecule has 0 spiro atoms. The lowest BCUT2D eigenvalue weighted by atomic mass is 10.2. The first-order chi connectivity index (χ1) is 9.43. The highest BCUT2D eigenvalue weighted by Crippen LogP contribution is 2.08. The lowest BCUT2D eigenvalue weighted by Crippen LogP contribution is -2.46. The summed E-state index contributed by atoms with van der Waals surface area (Å²) in [5.41, 5.74) is 0.327. The molecule has 2 amide bonds. The first kappa shape index (κ1) is 15.8. The molecular formula is C12H14F2N2O4. The minimum Gasteiger partial charge on any atom is -0.480 e. The fourth-order valence-electron chi connectivity index (χ4n) is 1.43. The molecule has 8 heteroatoms. The van der Waals surface area contributed by atoms with Gasteiger partial charge in [-0.15, -0.1) is 0 Å². The molecule has 6 nitrogen and oxygen atoms in total. The van der Waals surface area contributed by atoms with Crippen LogP contribution in [-0.4, -0.2) is 34.9 Å². The van der Waals surface area contributed by atoms with Crippen molar-refractivity contribution >= 4 is 12.0 Å². The maximum atomic E-state index is 12.9. The maximum Gasteiger partial charge on any atom is 0.326 e. The van der Waals surface area contributed by atoms with E-state index in [-0.39, 0.29) is 19.6 Å². The molecule has 1 aromatic carbocycles. The fourth-order valence-corrected chi connectivity index (χ4v) is 1.43. The van der Waals surface area contributed by atoms with Gasteiger partial charge in [0.25, 0.3) is 0 Å². The standard InChI is InChI=1S/C12H14F2N2O4/c13-8-2-1-7(5-9(8)14)6-15-12(20)16-10(3-4-17)11(18)19/h1-2,5,10,17H,3-4,6H2,(H,18,19)(H2,15,16,20)/t10-/m0/s1. The summed E-state index contributed by atoms with van der Waals surface area (Å²) in [6.07, 6.45) is -0.131. The number of carbonyl (C=O) groups is 2. The third kappa shape index (κ3) is 4.81. The van der Waals surface area contributed by atoms with E-state index in [2.05, 4.69) is 10.6 Å². The predicted octanol–water partition coefficient (Wildman–Crippen LogP) is 0.600. The predicted molar refractivity (Wildman–Crippen MR) is 64.9 cm³/mol. The molecule has 110 valence electrons. The number of aliphatic hydroxyl groups is 1. The van der Waals surface area contributed by atoms with Gasteiger partial charge in [-0.05, 0) is 17.7 Å². The Balaban J connectivity index is 2.50. The Hall–Kier alpha value is -2.22. The van der Waals surface area contributed by atoms with Crippen LogP contribution in [0.4, 0.5) is 13.6 Å². The number of carboxylic acid groups (broad SMARTS) is 1. The number of nitrogens with one attached hydrogen (secondary N) is 2. The number of urea groups is 1. The van der Waals surface area contributed by atoms with Gasteiger partial charge in [-0.1, -0.05) is 6.07 Å². The number of aliphatic carboxylic acids is 1. The first-order valence-corrected chi connectivity index (χ1v) is 5.76. The zero-order chi connectivity index (χ0) is 15.1. The number of aliphatic hydroxyl groups excluding tert-OH is 1. The number of carbonyl (C=O) groups excluding carboxylic acids is 1. The molecule has 4 N–H and O–H groups in total. The van der Waals surface area contributed by atoms with Crippen LogP contribution >= 0.6 is 0 Å². The minimum atomic E-state index is -1.28. The Morgan fingerprint density at radius 1 is 1.25 bits per heavy atom. The number of hydrogen-bond donors (Lipinski definition) is 4. The van der Waals surface area contributed by atoms with Crippen LogP contribution in [0.2, 0.25) is 0 Å². The number of benzene rings is 1. The zero-order valence-corrected chi connectivity index (χ0v) is 10.4. The van der Waals surface area contributed by atoms with E-state index >= 15 is 0 Å². The summed E-state index contributed by atoms with van der Waals surface area (Å²) >= 11 is 0. The smallest absolute Gasteiger partial charge is 0.326 e. The second-order valence-corrected chi connectivity index (χ2v) is 3.98. The van der Waals surface area contributed by atoms with E-state index in [9.17, 15) is 18.4 Å². The fraction of sp³-hybridized carbons (Fsp3) is 0.333. The molecule has 0 aliphatic carbocycles. The van der Waals surface area contributed by atoms with Gasteiger partial charge in [-0.25, -0.2) is 18.4 Å². The third-order valence-corrected chi connectivity index (χ3v) is 2.46. The van der Waals surface area contributed by atoms with Crippen molar-refractivity contribution in [2.75, 3.05) is 6.61 Å². The molecule has 0 bridgehead atoms. The average Bonchev–Trinajstić information content (AvgIpc) is 2.39. The molecule has 0 saturated carbocycles. The number of amides is 2. The Morgan fingerprint density at radius 2 is 1.95 bits per heavy atom. The van der Waals surface area contributed by atoms with Crippen LogP contribution in [0.5, 0.6) is 0 Å². The average molecular weight is 288 g/mol. The summed E-state index contributed by atoms with van der Waals surface area (Å²) in [6.45, 7) is -0.477. The quantitative estimate of drug-likeness (QED) is 0.616. The normalized spacial score (nSPS) is 11.8. The van der Waals surface area contributed by atoms with Crippen LogP contribution in [0, 0.1) is 11.6 Å².